The Balaban J connectivity index is 4.00. The maximum atomic E-state index is 5.29. The second kappa shape index (κ2) is 3.11. The van der Waals surface area contributed by atoms with Crippen molar-refractivity contribution < 1.29 is 0 Å². The van der Waals surface area contributed by atoms with Gasteiger partial charge in [0.05, 0.1) is 23.5 Å². The topological polar surface area (TPSA) is 0 Å². The molecule has 0 aliphatic carbocycles. The lowest BCUT2D eigenvalue weighted by Gasteiger charge is -2.07. The summed E-state index contributed by atoms with van der Waals surface area (Å²) in [7, 11) is 20.7. The number of hydrogen-bond acceptors (Lipinski definition) is 0. The van der Waals surface area contributed by atoms with E-state index in [0.29, 0.717) is 5.47 Å². The molecule has 0 bridgehead atoms. The molecule has 32 valence electrons. The van der Waals surface area contributed by atoms with Crippen molar-refractivity contribution in [3.05, 3.63) is 10.8 Å². The Hall–Kier alpha value is -0.000260. The van der Waals surface area contributed by atoms with Crippen molar-refractivity contribution in [3.8, 4) is 0 Å². The van der Waals surface area contributed by atoms with Gasteiger partial charge in [0.1, 0.15) is 7.85 Å². The fourth-order valence-corrected chi connectivity index (χ4v) is 0.263. The van der Waals surface area contributed by atoms with Crippen molar-refractivity contribution in [2.75, 3.05) is 0 Å². The van der Waals surface area contributed by atoms with Gasteiger partial charge in [-0.05, 0) is 0 Å². The van der Waals surface area contributed by atoms with Crippen molar-refractivity contribution in [2.45, 2.75) is 12.7 Å². The van der Waals surface area contributed by atoms with Gasteiger partial charge in [-0.1, -0.05) is 12.7 Å². The van der Waals surface area contributed by atoms with Crippen LogP contribution in [-0.4, -0.2) is 31.4 Å². The van der Waals surface area contributed by atoms with E-state index in [9.17, 15) is 0 Å². The van der Waals surface area contributed by atoms with Crippen LogP contribution in [0.3, 0.4) is 0 Å². The monoisotopic (exact) mass is 96.1 g/mol. The van der Waals surface area contributed by atoms with Gasteiger partial charge in [-0.3, -0.25) is 0 Å². The van der Waals surface area contributed by atoms with Crippen molar-refractivity contribution >= 4 is 31.4 Å². The highest BCUT2D eigenvalue weighted by Crippen LogP contribution is 2.08. The molecule has 0 aromatic carbocycles. The standard InChI is InChI=1S/C4H4B4/c1-2(5)3(6)4(7)8/h2H,1H3. The molecule has 0 aliphatic heterocycles. The van der Waals surface area contributed by atoms with Gasteiger partial charge in [0.25, 0.3) is 0 Å². The van der Waals surface area contributed by atoms with E-state index in [4.69, 9.17) is 31.4 Å². The van der Waals surface area contributed by atoms with Gasteiger partial charge in [0.2, 0.25) is 0 Å². The summed E-state index contributed by atoms with van der Waals surface area (Å²) in [4.78, 5) is 0. The van der Waals surface area contributed by atoms with Crippen molar-refractivity contribution in [2.24, 2.45) is 0 Å². The summed E-state index contributed by atoms with van der Waals surface area (Å²) in [5, 5.41) is 0.111. The van der Waals surface area contributed by atoms with Gasteiger partial charge in [-0.15, -0.1) is 5.47 Å². The third kappa shape index (κ3) is 2.34. The first-order valence-electron chi connectivity index (χ1n) is 2.32. The van der Waals surface area contributed by atoms with Gasteiger partial charge >= 0.3 is 0 Å². The Bertz CT molecular complexity index is 101. The zero-order valence-electron chi connectivity index (χ0n) is 4.89. The Labute approximate surface area is 55.8 Å². The summed E-state index contributed by atoms with van der Waals surface area (Å²) in [6.45, 7) is 1.72. The second-order valence-corrected chi connectivity index (χ2v) is 1.70. The maximum Gasteiger partial charge on any atom is 0.104 e. The molecule has 4 heteroatoms. The summed E-state index contributed by atoms with van der Waals surface area (Å²) < 4.78 is 0. The Morgan fingerprint density at radius 3 is 1.62 bits per heavy atom. The molecule has 0 amide bonds. The van der Waals surface area contributed by atoms with Crippen LogP contribution in [0.25, 0.3) is 0 Å². The van der Waals surface area contributed by atoms with Gasteiger partial charge in [-0.2, -0.15) is 5.37 Å². The first-order chi connectivity index (χ1) is 3.55. The number of rotatable bonds is 1. The van der Waals surface area contributed by atoms with Crippen LogP contribution in [0.5, 0.6) is 0 Å². The first-order valence-corrected chi connectivity index (χ1v) is 2.32. The van der Waals surface area contributed by atoms with Gasteiger partial charge in [0, 0.05) is 0 Å². The molecule has 0 spiro atoms. The van der Waals surface area contributed by atoms with E-state index in [1.165, 1.54) is 0 Å². The maximum absolute atomic E-state index is 5.29. The van der Waals surface area contributed by atoms with Gasteiger partial charge < -0.3 is 0 Å². The number of allylic oxidation sites excluding steroid dienone is 1. The zero-order valence-corrected chi connectivity index (χ0v) is 4.89. The van der Waals surface area contributed by atoms with Gasteiger partial charge in [0.15, 0.2) is 0 Å². The predicted octanol–water partition coefficient (Wildman–Crippen LogP) is -0.362. The zero-order chi connectivity index (χ0) is 6.73. The van der Waals surface area contributed by atoms with Crippen molar-refractivity contribution in [1.29, 1.82) is 0 Å². The molecule has 0 N–H and O–H groups in total. The smallest absolute Gasteiger partial charge is 0.104 e. The van der Waals surface area contributed by atoms with Crippen LogP contribution in [-0.2, 0) is 0 Å². The normalized spacial score (nSPS) is 12.6. The molecule has 0 heterocycles. The highest BCUT2D eigenvalue weighted by atomic mass is 13.8. The quantitative estimate of drug-likeness (QED) is 0.390. The third-order valence-electron chi connectivity index (χ3n) is 0.824. The minimum absolute atomic E-state index is 0.111. The van der Waals surface area contributed by atoms with Crippen molar-refractivity contribution in [3.63, 3.8) is 0 Å². The van der Waals surface area contributed by atoms with Crippen LogP contribution < -0.4 is 0 Å². The van der Waals surface area contributed by atoms with Crippen LogP contribution in [0.4, 0.5) is 0 Å². The molecule has 8 radical (unpaired) electrons. The second-order valence-electron chi connectivity index (χ2n) is 1.70. The Morgan fingerprint density at radius 1 is 1.25 bits per heavy atom. The largest absolute Gasteiger partial charge is 0.171 e. The van der Waals surface area contributed by atoms with Gasteiger partial charge in [-0.25, -0.2) is 0 Å². The van der Waals surface area contributed by atoms with Crippen LogP contribution in [0, 0.1) is 0 Å². The average molecular weight is 95.3 g/mol. The van der Waals surface area contributed by atoms with E-state index in [1.807, 2.05) is 0 Å². The molecule has 1 atom stereocenters. The fourth-order valence-electron chi connectivity index (χ4n) is 0.263. The average Bonchev–Trinajstić information content (AvgIpc) is 1.64. The first kappa shape index (κ1) is 8.00. The van der Waals surface area contributed by atoms with Crippen LogP contribution in [0.1, 0.15) is 6.92 Å². The lowest BCUT2D eigenvalue weighted by atomic mass is 9.62. The Morgan fingerprint density at radius 2 is 1.62 bits per heavy atom. The van der Waals surface area contributed by atoms with E-state index >= 15 is 0 Å². The summed E-state index contributed by atoms with van der Waals surface area (Å²) in [6, 6.07) is 0. The summed E-state index contributed by atoms with van der Waals surface area (Å²) in [6.07, 6.45) is 0. The van der Waals surface area contributed by atoms with Crippen LogP contribution in [0.2, 0.25) is 5.82 Å². The molecular weight excluding hydrogens is 91.3 g/mol. The molecule has 0 saturated heterocycles. The highest BCUT2D eigenvalue weighted by Gasteiger charge is 1.94. The summed E-state index contributed by atoms with van der Waals surface area (Å²) >= 11 is 0. The van der Waals surface area contributed by atoms with E-state index in [2.05, 4.69) is 0 Å². The lowest BCUT2D eigenvalue weighted by molar-refractivity contribution is 1.18. The molecular formula is C4H4B4. The van der Waals surface area contributed by atoms with E-state index in [1.54, 1.807) is 6.92 Å². The fraction of sp³-hybridized carbons (Fsp3) is 0.500. The molecule has 0 aromatic heterocycles. The molecule has 0 fully saturated rings. The summed E-state index contributed by atoms with van der Waals surface area (Å²) in [5.41, 5.74) is 0.352. The van der Waals surface area contributed by atoms with E-state index in [0.717, 1.165) is 0 Å². The van der Waals surface area contributed by atoms with Crippen LogP contribution >= 0.6 is 0 Å². The molecule has 0 aliphatic rings. The predicted molar refractivity (Wildman–Crippen MR) is 39.5 cm³/mol. The summed E-state index contributed by atoms with van der Waals surface area (Å²) in [5.74, 6) is -0.250. The lowest BCUT2D eigenvalue weighted by Crippen LogP contribution is -1.97. The van der Waals surface area contributed by atoms with E-state index in [-0.39, 0.29) is 11.2 Å². The minimum Gasteiger partial charge on any atom is -0.171 e. The molecule has 1 unspecified atom stereocenters. The minimum atomic E-state index is -0.250. The Kier molecular flexibility index (Phi) is 3.11. The number of hydrogen-bond donors (Lipinski definition) is 0. The molecule has 0 nitrogen and oxygen atoms in total. The third-order valence-corrected chi connectivity index (χ3v) is 0.824. The van der Waals surface area contributed by atoms with Crippen LogP contribution in [0.15, 0.2) is 10.8 Å². The van der Waals surface area contributed by atoms with Crippen molar-refractivity contribution in [1.82, 2.24) is 0 Å². The molecule has 8 heavy (non-hydrogen) atoms. The molecule has 0 aromatic rings. The molecule has 0 saturated carbocycles. The molecule has 0 rings (SSSR count). The van der Waals surface area contributed by atoms with E-state index < -0.39 is 0 Å². The SMILES string of the molecule is [B]C([B])=C([B])C([B])C. The highest BCUT2D eigenvalue weighted by molar-refractivity contribution is 6.52.